The molecular formula is C11H23N3O2. The molecule has 0 spiro atoms. The first-order chi connectivity index (χ1) is 7.83. The van der Waals surface area contributed by atoms with Crippen LogP contribution < -0.4 is 0 Å². The van der Waals surface area contributed by atoms with Crippen molar-refractivity contribution in [3.05, 3.63) is 0 Å². The summed E-state index contributed by atoms with van der Waals surface area (Å²) in [5, 5.41) is 7.05. The molecule has 0 aromatic heterocycles. The van der Waals surface area contributed by atoms with Crippen LogP contribution in [0.3, 0.4) is 0 Å². The molecule has 1 aliphatic rings. The Morgan fingerprint density at radius 1 is 1.38 bits per heavy atom. The van der Waals surface area contributed by atoms with Crippen molar-refractivity contribution >= 4 is 12.6 Å². The van der Waals surface area contributed by atoms with Gasteiger partial charge in [0.1, 0.15) is 6.61 Å². The van der Waals surface area contributed by atoms with Crippen molar-refractivity contribution < 1.29 is 9.47 Å². The van der Waals surface area contributed by atoms with Crippen LogP contribution in [0.5, 0.6) is 0 Å². The summed E-state index contributed by atoms with van der Waals surface area (Å²) in [6.07, 6.45) is 0. The molecule has 0 aromatic rings. The first-order valence-electron chi connectivity index (χ1n) is 5.76. The number of ether oxygens (including phenoxy) is 2. The van der Waals surface area contributed by atoms with Crippen molar-refractivity contribution in [3.63, 3.8) is 0 Å². The molecule has 0 atom stereocenters. The Hall–Kier alpha value is -0.940. The molecule has 0 saturated carbocycles. The molecular weight excluding hydrogens is 206 g/mol. The molecule has 0 radical (unpaired) electrons. The maximum Gasteiger partial charge on any atom is 0.205 e. The fraction of sp³-hybridized carbons (Fsp3) is 0.818. The molecule has 1 aliphatic heterocycles. The number of hydrogen-bond acceptors (Lipinski definition) is 5. The summed E-state index contributed by atoms with van der Waals surface area (Å²) in [6.45, 7) is 14.2. The third kappa shape index (κ3) is 7.36. The van der Waals surface area contributed by atoms with E-state index in [1.807, 2.05) is 13.8 Å². The molecule has 1 heterocycles. The van der Waals surface area contributed by atoms with Gasteiger partial charge in [-0.25, -0.2) is 0 Å². The monoisotopic (exact) mass is 229 g/mol. The van der Waals surface area contributed by atoms with Crippen LogP contribution in [0, 0.1) is 0 Å². The lowest BCUT2D eigenvalue weighted by molar-refractivity contribution is 0.0314. The smallest absolute Gasteiger partial charge is 0.205 e. The van der Waals surface area contributed by atoms with Gasteiger partial charge in [-0.3, -0.25) is 4.90 Å². The summed E-state index contributed by atoms with van der Waals surface area (Å²) < 4.78 is 10.6. The summed E-state index contributed by atoms with van der Waals surface area (Å²) in [6, 6.07) is 0. The molecule has 0 aliphatic carbocycles. The Balaban J connectivity index is 0.00000106. The van der Waals surface area contributed by atoms with E-state index in [0.717, 1.165) is 32.8 Å². The standard InChI is InChI=1S/C9H17N3O2.C2H6/c1-9(11-10-2)14-8-5-12-3-6-13-7-4-12;1-2/h2-8H2,1H3;1-2H3/b11-9+;. The van der Waals surface area contributed by atoms with Gasteiger partial charge >= 0.3 is 0 Å². The summed E-state index contributed by atoms with van der Waals surface area (Å²) in [5.41, 5.74) is 0. The Morgan fingerprint density at radius 2 is 2.00 bits per heavy atom. The number of rotatable bonds is 4. The second kappa shape index (κ2) is 10.6. The summed E-state index contributed by atoms with van der Waals surface area (Å²) in [4.78, 5) is 2.30. The molecule has 5 heteroatoms. The third-order valence-corrected chi connectivity index (χ3v) is 2.03. The lowest BCUT2D eigenvalue weighted by atomic mass is 10.4. The molecule has 94 valence electrons. The average molecular weight is 229 g/mol. The molecule has 0 unspecified atom stereocenters. The largest absolute Gasteiger partial charge is 0.478 e. The Morgan fingerprint density at radius 3 is 2.56 bits per heavy atom. The van der Waals surface area contributed by atoms with E-state index in [4.69, 9.17) is 9.47 Å². The lowest BCUT2D eigenvalue weighted by Crippen LogP contribution is -2.38. The molecule has 1 rings (SSSR count). The highest BCUT2D eigenvalue weighted by Gasteiger charge is 2.09. The molecule has 0 amide bonds. The minimum Gasteiger partial charge on any atom is -0.478 e. The predicted molar refractivity (Wildman–Crippen MR) is 67.2 cm³/mol. The Labute approximate surface area is 98.1 Å². The maximum atomic E-state index is 5.32. The molecule has 5 nitrogen and oxygen atoms in total. The van der Waals surface area contributed by atoms with Crippen LogP contribution in [0.2, 0.25) is 0 Å². The van der Waals surface area contributed by atoms with Gasteiger partial charge in [-0.15, -0.1) is 5.10 Å². The van der Waals surface area contributed by atoms with Crippen molar-refractivity contribution in [2.24, 2.45) is 10.2 Å². The van der Waals surface area contributed by atoms with Gasteiger partial charge in [-0.1, -0.05) is 13.8 Å². The topological polar surface area (TPSA) is 46.4 Å². The van der Waals surface area contributed by atoms with E-state index in [-0.39, 0.29) is 0 Å². The van der Waals surface area contributed by atoms with Crippen LogP contribution in [0.4, 0.5) is 0 Å². The molecule has 0 aromatic carbocycles. The predicted octanol–water partition coefficient (Wildman–Crippen LogP) is 1.40. The van der Waals surface area contributed by atoms with Crippen molar-refractivity contribution in [3.8, 4) is 0 Å². The van der Waals surface area contributed by atoms with Gasteiger partial charge in [0.25, 0.3) is 0 Å². The van der Waals surface area contributed by atoms with Gasteiger partial charge in [0.05, 0.1) is 13.2 Å². The summed E-state index contributed by atoms with van der Waals surface area (Å²) >= 11 is 0. The van der Waals surface area contributed by atoms with Crippen LogP contribution in [-0.2, 0) is 9.47 Å². The van der Waals surface area contributed by atoms with Crippen molar-refractivity contribution in [1.82, 2.24) is 4.90 Å². The Bertz CT molecular complexity index is 201. The summed E-state index contributed by atoms with van der Waals surface area (Å²) in [5.74, 6) is 0.563. The number of nitrogens with zero attached hydrogens (tertiary/aromatic N) is 3. The van der Waals surface area contributed by atoms with Gasteiger partial charge in [-0.05, 0) is 0 Å². The van der Waals surface area contributed by atoms with Gasteiger partial charge in [0, 0.05) is 33.3 Å². The first kappa shape index (κ1) is 15.1. The van der Waals surface area contributed by atoms with E-state index in [1.54, 1.807) is 6.92 Å². The van der Waals surface area contributed by atoms with Gasteiger partial charge in [0.15, 0.2) is 0 Å². The zero-order valence-electron chi connectivity index (χ0n) is 10.6. The second-order valence-corrected chi connectivity index (χ2v) is 3.06. The summed E-state index contributed by atoms with van der Waals surface area (Å²) in [7, 11) is 0. The maximum absolute atomic E-state index is 5.32. The quantitative estimate of drug-likeness (QED) is 0.416. The minimum absolute atomic E-state index is 0.563. The molecule has 1 saturated heterocycles. The van der Waals surface area contributed by atoms with E-state index in [9.17, 15) is 0 Å². The van der Waals surface area contributed by atoms with Gasteiger partial charge in [0.2, 0.25) is 5.90 Å². The van der Waals surface area contributed by atoms with Crippen LogP contribution in [0.15, 0.2) is 10.2 Å². The van der Waals surface area contributed by atoms with Crippen molar-refractivity contribution in [2.45, 2.75) is 20.8 Å². The van der Waals surface area contributed by atoms with Crippen LogP contribution in [0.25, 0.3) is 0 Å². The zero-order chi connectivity index (χ0) is 12.2. The van der Waals surface area contributed by atoms with Crippen LogP contribution in [-0.4, -0.2) is 57.0 Å². The van der Waals surface area contributed by atoms with Crippen molar-refractivity contribution in [1.29, 1.82) is 0 Å². The average Bonchev–Trinajstić information content (AvgIpc) is 2.33. The second-order valence-electron chi connectivity index (χ2n) is 3.06. The molecule has 0 N–H and O–H groups in total. The van der Waals surface area contributed by atoms with E-state index in [1.165, 1.54) is 0 Å². The fourth-order valence-electron chi connectivity index (χ4n) is 1.28. The normalized spacial score (nSPS) is 17.3. The van der Waals surface area contributed by atoms with Gasteiger partial charge < -0.3 is 9.47 Å². The van der Waals surface area contributed by atoms with Gasteiger partial charge in [-0.2, -0.15) is 5.10 Å². The molecule has 0 bridgehead atoms. The van der Waals surface area contributed by atoms with E-state index < -0.39 is 0 Å². The van der Waals surface area contributed by atoms with Crippen LogP contribution >= 0.6 is 0 Å². The molecule has 1 fully saturated rings. The van der Waals surface area contributed by atoms with E-state index in [2.05, 4.69) is 21.8 Å². The third-order valence-electron chi connectivity index (χ3n) is 2.03. The van der Waals surface area contributed by atoms with Crippen molar-refractivity contribution in [2.75, 3.05) is 39.5 Å². The SMILES string of the molecule is C=N/N=C(\C)OCCN1CCOCC1.CC. The minimum atomic E-state index is 0.563. The lowest BCUT2D eigenvalue weighted by Gasteiger charge is -2.26. The Kier molecular flexibility index (Phi) is 9.95. The number of morpholine rings is 1. The zero-order valence-corrected chi connectivity index (χ0v) is 10.6. The fourth-order valence-corrected chi connectivity index (χ4v) is 1.28. The van der Waals surface area contributed by atoms with E-state index >= 15 is 0 Å². The molecule has 16 heavy (non-hydrogen) atoms. The van der Waals surface area contributed by atoms with Crippen LogP contribution in [0.1, 0.15) is 20.8 Å². The highest BCUT2D eigenvalue weighted by molar-refractivity contribution is 5.73. The number of hydrogen-bond donors (Lipinski definition) is 0. The van der Waals surface area contributed by atoms with E-state index in [0.29, 0.717) is 12.5 Å². The highest BCUT2D eigenvalue weighted by Crippen LogP contribution is 1.96. The highest BCUT2D eigenvalue weighted by atomic mass is 16.5. The first-order valence-corrected chi connectivity index (χ1v) is 5.76.